The Hall–Kier alpha value is -2.47. The quantitative estimate of drug-likeness (QED) is 0.747. The lowest BCUT2D eigenvalue weighted by molar-refractivity contribution is 0.137. The lowest BCUT2D eigenvalue weighted by atomic mass is 9.95. The third kappa shape index (κ3) is 3.17. The van der Waals surface area contributed by atoms with Crippen LogP contribution >= 0.6 is 0 Å². The van der Waals surface area contributed by atoms with Crippen LogP contribution in [-0.4, -0.2) is 26.8 Å². The summed E-state index contributed by atoms with van der Waals surface area (Å²) in [4.78, 5) is 2.40. The highest BCUT2D eigenvalue weighted by Crippen LogP contribution is 2.37. The molecular formula is C20H23FN4O. The van der Waals surface area contributed by atoms with Crippen molar-refractivity contribution in [1.29, 1.82) is 0 Å². The van der Waals surface area contributed by atoms with Gasteiger partial charge in [0.25, 0.3) is 0 Å². The Morgan fingerprint density at radius 1 is 1.31 bits per heavy atom. The van der Waals surface area contributed by atoms with Crippen LogP contribution in [0.25, 0.3) is 11.3 Å². The van der Waals surface area contributed by atoms with Crippen LogP contribution in [0.5, 0.6) is 0 Å². The monoisotopic (exact) mass is 354 g/mol. The molecular weight excluding hydrogens is 331 g/mol. The van der Waals surface area contributed by atoms with E-state index >= 15 is 0 Å². The predicted octanol–water partition coefficient (Wildman–Crippen LogP) is 4.55. The van der Waals surface area contributed by atoms with Crippen molar-refractivity contribution in [2.75, 3.05) is 6.54 Å². The highest BCUT2D eigenvalue weighted by molar-refractivity contribution is 5.64. The summed E-state index contributed by atoms with van der Waals surface area (Å²) >= 11 is 0. The minimum absolute atomic E-state index is 0.189. The number of rotatable bonds is 4. The van der Waals surface area contributed by atoms with E-state index in [2.05, 4.69) is 20.3 Å². The molecule has 2 aromatic heterocycles. The summed E-state index contributed by atoms with van der Waals surface area (Å²) in [6.07, 6.45) is 5.17. The van der Waals surface area contributed by atoms with E-state index in [1.54, 1.807) is 12.1 Å². The minimum atomic E-state index is -0.189. The lowest BCUT2D eigenvalue weighted by Gasteiger charge is -2.35. The van der Waals surface area contributed by atoms with E-state index in [1.165, 1.54) is 6.07 Å². The van der Waals surface area contributed by atoms with Crippen LogP contribution in [0, 0.1) is 19.7 Å². The topological polar surface area (TPSA) is 58.0 Å². The van der Waals surface area contributed by atoms with Crippen LogP contribution in [-0.2, 0) is 6.54 Å². The number of likely N-dealkylation sites (tertiary alicyclic amines) is 1. The molecule has 1 N–H and O–H groups in total. The first-order chi connectivity index (χ1) is 12.6. The normalized spacial score (nSPS) is 18.3. The van der Waals surface area contributed by atoms with Gasteiger partial charge in [0.05, 0.1) is 29.2 Å². The van der Waals surface area contributed by atoms with E-state index in [9.17, 15) is 4.39 Å². The van der Waals surface area contributed by atoms with E-state index in [0.29, 0.717) is 0 Å². The number of hydrogen-bond acceptors (Lipinski definition) is 4. The molecule has 136 valence electrons. The first kappa shape index (κ1) is 17.0. The van der Waals surface area contributed by atoms with Crippen LogP contribution in [0.15, 0.2) is 35.0 Å². The Balaban J connectivity index is 1.65. The molecule has 0 amide bonds. The second-order valence-electron chi connectivity index (χ2n) is 7.03. The molecule has 0 spiro atoms. The van der Waals surface area contributed by atoms with Gasteiger partial charge in [0.2, 0.25) is 0 Å². The van der Waals surface area contributed by atoms with Gasteiger partial charge in [-0.25, -0.2) is 4.39 Å². The summed E-state index contributed by atoms with van der Waals surface area (Å²) in [5.74, 6) is 0.591. The van der Waals surface area contributed by atoms with Crippen LogP contribution in [0.4, 0.5) is 4.39 Å². The lowest BCUT2D eigenvalue weighted by Crippen LogP contribution is -2.33. The van der Waals surface area contributed by atoms with Gasteiger partial charge in [0, 0.05) is 12.1 Å². The van der Waals surface area contributed by atoms with Crippen LogP contribution < -0.4 is 0 Å². The summed E-state index contributed by atoms with van der Waals surface area (Å²) in [5.41, 5.74) is 4.96. The van der Waals surface area contributed by atoms with Gasteiger partial charge in [0.1, 0.15) is 5.82 Å². The molecule has 6 heteroatoms. The molecule has 1 aliphatic heterocycles. The number of aromatic amines is 1. The standard InChI is InChI=1S/C20H23FN4O/c1-13-14(2)24-26-20(13)17-11-22-23-19(17)18-8-3-4-9-25(18)12-15-6-5-7-16(21)10-15/h5-7,10-11,18H,3-4,8-9,12H2,1-2H3,(H,22,23)/t18-/m1/s1. The van der Waals surface area contributed by atoms with Gasteiger partial charge < -0.3 is 4.52 Å². The largest absolute Gasteiger partial charge is 0.356 e. The molecule has 3 aromatic rings. The van der Waals surface area contributed by atoms with E-state index in [0.717, 1.165) is 66.2 Å². The smallest absolute Gasteiger partial charge is 0.173 e. The first-order valence-electron chi connectivity index (χ1n) is 9.08. The van der Waals surface area contributed by atoms with E-state index in [4.69, 9.17) is 4.52 Å². The number of aryl methyl sites for hydroxylation is 1. The highest BCUT2D eigenvalue weighted by atomic mass is 19.1. The van der Waals surface area contributed by atoms with Gasteiger partial charge in [-0.15, -0.1) is 0 Å². The number of nitrogens with zero attached hydrogens (tertiary/aromatic N) is 3. The maximum Gasteiger partial charge on any atom is 0.173 e. The molecule has 5 nitrogen and oxygen atoms in total. The van der Waals surface area contributed by atoms with Crippen molar-refractivity contribution in [2.45, 2.75) is 45.7 Å². The summed E-state index contributed by atoms with van der Waals surface area (Å²) in [6, 6.07) is 7.05. The molecule has 1 aromatic carbocycles. The third-order valence-electron chi connectivity index (χ3n) is 5.29. The van der Waals surface area contributed by atoms with E-state index < -0.39 is 0 Å². The van der Waals surface area contributed by atoms with E-state index in [-0.39, 0.29) is 11.9 Å². The molecule has 0 saturated carbocycles. The van der Waals surface area contributed by atoms with Gasteiger partial charge in [-0.1, -0.05) is 23.7 Å². The number of halogens is 1. The SMILES string of the molecule is Cc1noc(-c2cn[nH]c2[C@H]2CCCCN2Cc2cccc(F)c2)c1C. The van der Waals surface area contributed by atoms with Gasteiger partial charge in [-0.2, -0.15) is 5.10 Å². The molecule has 4 rings (SSSR count). The van der Waals surface area contributed by atoms with Crippen molar-refractivity contribution in [3.8, 4) is 11.3 Å². The van der Waals surface area contributed by atoms with Crippen molar-refractivity contribution in [3.05, 3.63) is 58.8 Å². The van der Waals surface area contributed by atoms with Crippen LogP contribution in [0.2, 0.25) is 0 Å². The Labute approximate surface area is 152 Å². The molecule has 3 heterocycles. The van der Waals surface area contributed by atoms with Gasteiger partial charge in [0.15, 0.2) is 5.76 Å². The zero-order chi connectivity index (χ0) is 18.1. The average Bonchev–Trinajstić information content (AvgIpc) is 3.23. The Bertz CT molecular complexity index is 901. The zero-order valence-corrected chi connectivity index (χ0v) is 15.1. The predicted molar refractivity (Wildman–Crippen MR) is 97.0 cm³/mol. The molecule has 0 radical (unpaired) electrons. The summed E-state index contributed by atoms with van der Waals surface area (Å²) in [7, 11) is 0. The van der Waals surface area contributed by atoms with Crippen molar-refractivity contribution in [2.24, 2.45) is 0 Å². The third-order valence-corrected chi connectivity index (χ3v) is 5.29. The summed E-state index contributed by atoms with van der Waals surface area (Å²) in [5, 5.41) is 11.5. The molecule has 1 saturated heterocycles. The Morgan fingerprint density at radius 3 is 2.96 bits per heavy atom. The van der Waals surface area contributed by atoms with Crippen molar-refractivity contribution in [1.82, 2.24) is 20.3 Å². The van der Waals surface area contributed by atoms with Crippen LogP contribution in [0.1, 0.15) is 47.8 Å². The Kier molecular flexibility index (Phi) is 4.59. The fourth-order valence-electron chi connectivity index (χ4n) is 3.77. The average molecular weight is 354 g/mol. The summed E-state index contributed by atoms with van der Waals surface area (Å²) in [6.45, 7) is 5.66. The molecule has 1 atom stereocenters. The van der Waals surface area contributed by atoms with Crippen molar-refractivity contribution in [3.63, 3.8) is 0 Å². The number of hydrogen-bond donors (Lipinski definition) is 1. The molecule has 1 fully saturated rings. The highest BCUT2D eigenvalue weighted by Gasteiger charge is 2.29. The number of H-pyrrole nitrogens is 1. The Morgan fingerprint density at radius 2 is 2.19 bits per heavy atom. The van der Waals surface area contributed by atoms with Crippen molar-refractivity contribution < 1.29 is 8.91 Å². The van der Waals surface area contributed by atoms with Gasteiger partial charge in [-0.3, -0.25) is 10.00 Å². The van der Waals surface area contributed by atoms with Gasteiger partial charge in [-0.05, 0) is 50.9 Å². The van der Waals surface area contributed by atoms with Crippen LogP contribution in [0.3, 0.4) is 0 Å². The summed E-state index contributed by atoms with van der Waals surface area (Å²) < 4.78 is 19.1. The number of aromatic nitrogens is 3. The molecule has 0 bridgehead atoms. The second kappa shape index (κ2) is 7.03. The fraction of sp³-hybridized carbons (Fsp3) is 0.400. The molecule has 26 heavy (non-hydrogen) atoms. The molecule has 0 unspecified atom stereocenters. The van der Waals surface area contributed by atoms with Gasteiger partial charge >= 0.3 is 0 Å². The van der Waals surface area contributed by atoms with Crippen molar-refractivity contribution >= 4 is 0 Å². The first-order valence-corrected chi connectivity index (χ1v) is 9.08. The fourth-order valence-corrected chi connectivity index (χ4v) is 3.77. The molecule has 1 aliphatic rings. The number of benzene rings is 1. The van der Waals surface area contributed by atoms with E-state index in [1.807, 2.05) is 26.1 Å². The second-order valence-corrected chi connectivity index (χ2v) is 7.03. The zero-order valence-electron chi connectivity index (χ0n) is 15.1. The number of nitrogens with one attached hydrogen (secondary N) is 1. The minimum Gasteiger partial charge on any atom is -0.356 e. The maximum absolute atomic E-state index is 13.6. The molecule has 0 aliphatic carbocycles. The number of piperidine rings is 1. The maximum atomic E-state index is 13.6.